The number of benzene rings is 7. The van der Waals surface area contributed by atoms with E-state index < -0.39 is 0 Å². The minimum atomic E-state index is 0.739. The Kier molecular flexibility index (Phi) is 7.75. The Labute approximate surface area is 299 Å². The lowest BCUT2D eigenvalue weighted by Gasteiger charge is -2.26. The van der Waals surface area contributed by atoms with E-state index in [9.17, 15) is 0 Å². The Morgan fingerprint density at radius 1 is 0.451 bits per heavy atom. The fourth-order valence-corrected chi connectivity index (χ4v) is 7.44. The molecule has 2 nitrogen and oxygen atoms in total. The molecule has 0 aliphatic carbocycles. The lowest BCUT2D eigenvalue weighted by atomic mass is 9.94. The molecule has 2 heterocycles. The molecule has 0 atom stereocenters. The van der Waals surface area contributed by atoms with Gasteiger partial charge in [0.1, 0.15) is 0 Å². The highest BCUT2D eigenvalue weighted by Crippen LogP contribution is 2.40. The summed E-state index contributed by atoms with van der Waals surface area (Å²) in [6.45, 7) is 5.40. The van der Waals surface area contributed by atoms with Crippen LogP contribution in [0.2, 0.25) is 0 Å². The van der Waals surface area contributed by atoms with Gasteiger partial charge in [0.25, 0.3) is 0 Å². The van der Waals surface area contributed by atoms with Gasteiger partial charge < -0.3 is 9.47 Å². The molecular formula is C49H36N2. The largest absolute Gasteiger partial charge is 0.337 e. The molecule has 0 amide bonds. The molecule has 9 rings (SSSR count). The second-order valence-corrected chi connectivity index (χ2v) is 13.1. The molecule has 0 unspecified atom stereocenters. The van der Waals surface area contributed by atoms with Crippen molar-refractivity contribution in [1.82, 2.24) is 4.57 Å². The predicted octanol–water partition coefficient (Wildman–Crippen LogP) is 12.9. The van der Waals surface area contributed by atoms with Gasteiger partial charge in [0.15, 0.2) is 0 Å². The minimum absolute atomic E-state index is 0.739. The van der Waals surface area contributed by atoms with Crippen LogP contribution in [0.1, 0.15) is 11.1 Å². The molecule has 51 heavy (non-hydrogen) atoms. The van der Waals surface area contributed by atoms with Gasteiger partial charge in [-0.2, -0.15) is 0 Å². The molecule has 0 spiro atoms. The number of rotatable bonds is 5. The van der Waals surface area contributed by atoms with E-state index in [1.54, 1.807) is 0 Å². The van der Waals surface area contributed by atoms with Gasteiger partial charge in [-0.3, -0.25) is 0 Å². The number of allylic oxidation sites excluding steroid dienone is 4. The number of fused-ring (bicyclic) bond motifs is 4. The molecule has 242 valence electrons. The number of hydrogen-bond acceptors (Lipinski definition) is 1. The Balaban J connectivity index is 1.23. The maximum Gasteiger partial charge on any atom is 0.0541 e. The summed E-state index contributed by atoms with van der Waals surface area (Å²) >= 11 is 0. The van der Waals surface area contributed by atoms with Crippen LogP contribution < -0.4 is 4.90 Å². The molecule has 1 aliphatic rings. The van der Waals surface area contributed by atoms with E-state index in [0.29, 0.717) is 0 Å². The summed E-state index contributed by atoms with van der Waals surface area (Å²) in [4.78, 5) is 2.38. The Morgan fingerprint density at radius 3 is 1.59 bits per heavy atom. The summed E-state index contributed by atoms with van der Waals surface area (Å²) in [5.41, 5.74) is 15.0. The van der Waals surface area contributed by atoms with Gasteiger partial charge in [0.05, 0.1) is 11.0 Å². The fraction of sp³-hybridized carbons (Fsp3) is 0.0204. The zero-order chi connectivity index (χ0) is 34.1. The van der Waals surface area contributed by atoms with E-state index in [1.807, 2.05) is 0 Å². The molecule has 0 radical (unpaired) electrons. The van der Waals surface area contributed by atoms with Crippen LogP contribution in [0.3, 0.4) is 0 Å². The van der Waals surface area contributed by atoms with Crippen LogP contribution in [0.15, 0.2) is 201 Å². The second-order valence-electron chi connectivity index (χ2n) is 13.1. The molecule has 1 aromatic heterocycles. The van der Waals surface area contributed by atoms with Crippen molar-refractivity contribution < 1.29 is 0 Å². The minimum Gasteiger partial charge on any atom is -0.337 e. The number of nitrogens with zero attached hydrogens (tertiary/aromatic N) is 2. The van der Waals surface area contributed by atoms with Crippen LogP contribution in [-0.4, -0.2) is 11.1 Å². The fourth-order valence-electron chi connectivity index (χ4n) is 7.44. The Morgan fingerprint density at radius 2 is 0.961 bits per heavy atom. The maximum atomic E-state index is 4.66. The first kappa shape index (κ1) is 30.4. The monoisotopic (exact) mass is 652 g/mol. The van der Waals surface area contributed by atoms with E-state index in [4.69, 9.17) is 0 Å². The van der Waals surface area contributed by atoms with Gasteiger partial charge in [0, 0.05) is 39.9 Å². The van der Waals surface area contributed by atoms with E-state index >= 15 is 0 Å². The van der Waals surface area contributed by atoms with Crippen LogP contribution in [0.5, 0.6) is 0 Å². The van der Waals surface area contributed by atoms with Crippen molar-refractivity contribution in [1.29, 1.82) is 0 Å². The van der Waals surface area contributed by atoms with Gasteiger partial charge in [-0.1, -0.05) is 134 Å². The van der Waals surface area contributed by atoms with Crippen molar-refractivity contribution >= 4 is 44.3 Å². The van der Waals surface area contributed by atoms with Crippen molar-refractivity contribution in [3.05, 3.63) is 212 Å². The van der Waals surface area contributed by atoms with Crippen molar-refractivity contribution in [2.75, 3.05) is 11.4 Å². The predicted molar refractivity (Wildman–Crippen MR) is 218 cm³/mol. The van der Waals surface area contributed by atoms with Crippen molar-refractivity contribution in [2.45, 2.75) is 0 Å². The van der Waals surface area contributed by atoms with Crippen molar-refractivity contribution in [3.8, 4) is 27.9 Å². The third-order valence-electron chi connectivity index (χ3n) is 9.94. The van der Waals surface area contributed by atoms with Gasteiger partial charge in [0.2, 0.25) is 0 Å². The molecule has 2 heteroatoms. The van der Waals surface area contributed by atoms with Crippen LogP contribution in [-0.2, 0) is 0 Å². The lowest BCUT2D eigenvalue weighted by Crippen LogP contribution is -2.18. The smallest absolute Gasteiger partial charge is 0.0541 e. The molecule has 0 fully saturated rings. The summed E-state index contributed by atoms with van der Waals surface area (Å²) in [6.07, 6.45) is 6.70. The van der Waals surface area contributed by atoms with Crippen LogP contribution in [0, 0.1) is 0 Å². The molecule has 7 aromatic carbocycles. The first-order valence-corrected chi connectivity index (χ1v) is 17.5. The molecule has 0 bridgehead atoms. The van der Waals surface area contributed by atoms with Gasteiger partial charge in [-0.05, 0) is 106 Å². The quantitative estimate of drug-likeness (QED) is 0.180. The topological polar surface area (TPSA) is 8.17 Å². The van der Waals surface area contributed by atoms with Crippen molar-refractivity contribution in [3.63, 3.8) is 0 Å². The number of hydrogen-bond donors (Lipinski definition) is 0. The van der Waals surface area contributed by atoms with Crippen molar-refractivity contribution in [2.24, 2.45) is 0 Å². The zero-order valence-electron chi connectivity index (χ0n) is 28.3. The van der Waals surface area contributed by atoms with Crippen LogP contribution in [0.4, 0.5) is 11.4 Å². The number of anilines is 2. The average molecular weight is 653 g/mol. The van der Waals surface area contributed by atoms with E-state index in [0.717, 1.165) is 45.9 Å². The van der Waals surface area contributed by atoms with Crippen LogP contribution in [0.25, 0.3) is 60.9 Å². The zero-order valence-corrected chi connectivity index (χ0v) is 28.3. The normalized spacial score (nSPS) is 14.7. The maximum absolute atomic E-state index is 4.66. The average Bonchev–Trinajstić information content (AvgIpc) is 3.55. The first-order chi connectivity index (χ1) is 25.2. The van der Waals surface area contributed by atoms with Gasteiger partial charge in [-0.25, -0.2) is 0 Å². The lowest BCUT2D eigenvalue weighted by molar-refractivity contribution is 1.09. The SMILES string of the molecule is C=C1/C=C(c2ccccc2)\C=C/CN(c2ccccc2)c2ccc(-c3ccc4c(c3)c3cc(-c5ccccc5)ccc3n4-c3ccccc3)cc21. The standard InChI is InChI=1S/C49H36N2/c1-35-31-38(36-15-6-2-7-16-36)19-14-30-50(42-20-10-4-11-21-42)47-27-24-40(32-44(35)47)41-26-29-49-46(34-41)45-33-39(37-17-8-3-9-18-37)25-28-48(45)51(49)43-22-12-5-13-23-43/h2-29,31-34H,1,30H2/b19-14-,38-31+. The molecule has 0 saturated heterocycles. The third-order valence-corrected chi connectivity index (χ3v) is 9.94. The van der Waals surface area contributed by atoms with E-state index in [1.165, 1.54) is 44.1 Å². The van der Waals surface area contributed by atoms with E-state index in [2.05, 4.69) is 210 Å². The summed E-state index contributed by atoms with van der Waals surface area (Å²) in [7, 11) is 0. The summed E-state index contributed by atoms with van der Waals surface area (Å²) in [5.74, 6) is 0. The summed E-state index contributed by atoms with van der Waals surface area (Å²) < 4.78 is 2.38. The van der Waals surface area contributed by atoms with Gasteiger partial charge in [-0.15, -0.1) is 0 Å². The number of para-hydroxylation sites is 2. The highest BCUT2D eigenvalue weighted by atomic mass is 15.1. The first-order valence-electron chi connectivity index (χ1n) is 17.5. The molecule has 8 aromatic rings. The molecule has 1 aliphatic heterocycles. The second kappa shape index (κ2) is 13.0. The highest BCUT2D eigenvalue weighted by Gasteiger charge is 2.19. The third kappa shape index (κ3) is 5.67. The van der Waals surface area contributed by atoms with Gasteiger partial charge >= 0.3 is 0 Å². The van der Waals surface area contributed by atoms with Crippen LogP contribution >= 0.6 is 0 Å². The highest BCUT2D eigenvalue weighted by molar-refractivity contribution is 6.11. The summed E-state index contributed by atoms with van der Waals surface area (Å²) in [6, 6.07) is 63.2. The summed E-state index contributed by atoms with van der Waals surface area (Å²) in [5, 5.41) is 2.47. The molecular weight excluding hydrogens is 617 g/mol. The number of aromatic nitrogens is 1. The Hall–Kier alpha value is -6.64. The Bertz CT molecular complexity index is 2590. The molecule has 0 N–H and O–H groups in total. The van der Waals surface area contributed by atoms with E-state index in [-0.39, 0.29) is 0 Å². The molecule has 0 saturated carbocycles.